The molecule has 0 bridgehead atoms. The predicted molar refractivity (Wildman–Crippen MR) is 73.3 cm³/mol. The van der Waals surface area contributed by atoms with Crippen molar-refractivity contribution in [1.29, 1.82) is 0 Å². The fourth-order valence-electron chi connectivity index (χ4n) is 1.40. The Hall–Kier alpha value is -1.07. The quantitative estimate of drug-likeness (QED) is 0.773. The van der Waals surface area contributed by atoms with E-state index in [0.29, 0.717) is 5.69 Å². The van der Waals surface area contributed by atoms with Crippen LogP contribution in [0.3, 0.4) is 0 Å². The molecule has 1 N–H and O–H groups in total. The molecule has 102 valence electrons. The first-order valence-electron chi connectivity index (χ1n) is 6.09. The zero-order valence-electron chi connectivity index (χ0n) is 11.1. The average Bonchev–Trinajstić information content (AvgIpc) is 2.33. The molecule has 1 heterocycles. The van der Waals surface area contributed by atoms with Crippen LogP contribution in [0.1, 0.15) is 26.7 Å². The summed E-state index contributed by atoms with van der Waals surface area (Å²) in [7, 11) is 1.57. The minimum absolute atomic E-state index is 0.186. The van der Waals surface area contributed by atoms with Crippen LogP contribution in [0.2, 0.25) is 5.02 Å². The van der Waals surface area contributed by atoms with E-state index in [0.717, 1.165) is 26.0 Å². The van der Waals surface area contributed by atoms with Gasteiger partial charge in [0.25, 0.3) is 5.56 Å². The van der Waals surface area contributed by atoms with Crippen molar-refractivity contribution in [3.8, 4) is 0 Å². The fraction of sp³-hybridized carbons (Fsp3) is 0.667. The lowest BCUT2D eigenvalue weighted by molar-refractivity contribution is 0.0765. The molecule has 5 nitrogen and oxygen atoms in total. The summed E-state index contributed by atoms with van der Waals surface area (Å²) in [6.45, 7) is 5.53. The van der Waals surface area contributed by atoms with Crippen LogP contribution in [-0.2, 0) is 11.8 Å². The molecule has 0 unspecified atom stereocenters. The van der Waals surface area contributed by atoms with E-state index in [9.17, 15) is 4.79 Å². The highest BCUT2D eigenvalue weighted by molar-refractivity contribution is 6.32. The molecule has 6 heteroatoms. The van der Waals surface area contributed by atoms with Crippen LogP contribution >= 0.6 is 11.6 Å². The van der Waals surface area contributed by atoms with E-state index in [2.05, 4.69) is 10.4 Å². The lowest BCUT2D eigenvalue weighted by atomic mass is 10.3. The summed E-state index contributed by atoms with van der Waals surface area (Å²) in [5.74, 6) is 0. The first-order chi connectivity index (χ1) is 8.52. The second kappa shape index (κ2) is 7.38. The number of nitrogens with one attached hydrogen (secondary N) is 1. The Morgan fingerprint density at radius 1 is 1.50 bits per heavy atom. The molecule has 0 radical (unpaired) electrons. The molecule has 0 atom stereocenters. The van der Waals surface area contributed by atoms with E-state index >= 15 is 0 Å². The minimum atomic E-state index is -0.287. The molecule has 1 aromatic rings. The topological polar surface area (TPSA) is 56.1 Å². The Balaban J connectivity index is 2.32. The molecule has 0 spiro atoms. The second-order valence-corrected chi connectivity index (χ2v) is 4.73. The van der Waals surface area contributed by atoms with E-state index in [1.807, 2.05) is 13.8 Å². The summed E-state index contributed by atoms with van der Waals surface area (Å²) >= 11 is 5.92. The van der Waals surface area contributed by atoms with Crippen LogP contribution < -0.4 is 10.9 Å². The highest BCUT2D eigenvalue weighted by Crippen LogP contribution is 2.14. The summed E-state index contributed by atoms with van der Waals surface area (Å²) in [5.41, 5.74) is 0.300. The maximum absolute atomic E-state index is 11.5. The van der Waals surface area contributed by atoms with Crippen LogP contribution in [0.5, 0.6) is 0 Å². The number of unbranched alkanes of at least 4 members (excludes halogenated alkanes) is 1. The van der Waals surface area contributed by atoms with Gasteiger partial charge in [0.1, 0.15) is 5.02 Å². The maximum atomic E-state index is 11.5. The fourth-order valence-corrected chi connectivity index (χ4v) is 1.64. The van der Waals surface area contributed by atoms with Gasteiger partial charge in [0, 0.05) is 20.2 Å². The van der Waals surface area contributed by atoms with Gasteiger partial charge in [-0.05, 0) is 26.7 Å². The Morgan fingerprint density at radius 3 is 2.89 bits per heavy atom. The number of aryl methyl sites for hydroxylation is 1. The Bertz CT molecular complexity index is 432. The van der Waals surface area contributed by atoms with Crippen LogP contribution in [0.25, 0.3) is 0 Å². The number of rotatable bonds is 7. The van der Waals surface area contributed by atoms with Gasteiger partial charge >= 0.3 is 0 Å². The van der Waals surface area contributed by atoms with Crippen molar-refractivity contribution in [1.82, 2.24) is 9.78 Å². The molecule has 0 aromatic carbocycles. The van der Waals surface area contributed by atoms with Crippen molar-refractivity contribution in [3.05, 3.63) is 21.6 Å². The lowest BCUT2D eigenvalue weighted by Crippen LogP contribution is -2.21. The highest BCUT2D eigenvalue weighted by Gasteiger charge is 2.06. The third-order valence-electron chi connectivity index (χ3n) is 2.42. The first-order valence-corrected chi connectivity index (χ1v) is 6.47. The summed E-state index contributed by atoms with van der Waals surface area (Å²) in [6.07, 6.45) is 3.77. The molecular formula is C12H20ClN3O2. The van der Waals surface area contributed by atoms with Gasteiger partial charge in [0.15, 0.2) is 0 Å². The van der Waals surface area contributed by atoms with Crippen LogP contribution in [0.4, 0.5) is 5.69 Å². The molecule has 0 saturated carbocycles. The van der Waals surface area contributed by atoms with E-state index in [-0.39, 0.29) is 16.7 Å². The van der Waals surface area contributed by atoms with Gasteiger partial charge in [-0.25, -0.2) is 4.68 Å². The molecule has 1 rings (SSSR count). The molecular weight excluding hydrogens is 254 g/mol. The number of nitrogens with zero attached hydrogens (tertiary/aromatic N) is 2. The van der Waals surface area contributed by atoms with Crippen LogP contribution in [-0.4, -0.2) is 29.0 Å². The van der Waals surface area contributed by atoms with Gasteiger partial charge < -0.3 is 10.1 Å². The smallest absolute Gasteiger partial charge is 0.287 e. The number of hydrogen-bond acceptors (Lipinski definition) is 4. The van der Waals surface area contributed by atoms with Crippen LogP contribution in [0, 0.1) is 0 Å². The lowest BCUT2D eigenvalue weighted by Gasteiger charge is -2.09. The number of aromatic nitrogens is 2. The summed E-state index contributed by atoms with van der Waals surface area (Å²) in [4.78, 5) is 11.5. The number of hydrogen-bond donors (Lipinski definition) is 1. The average molecular weight is 274 g/mol. The van der Waals surface area contributed by atoms with Crippen LogP contribution in [0.15, 0.2) is 11.0 Å². The first kappa shape index (κ1) is 15.0. The van der Waals surface area contributed by atoms with Gasteiger partial charge in [-0.1, -0.05) is 11.6 Å². The molecule has 1 aromatic heterocycles. The van der Waals surface area contributed by atoms with Crippen molar-refractivity contribution in [2.45, 2.75) is 32.8 Å². The SMILES string of the molecule is CC(C)OCCCCNc1cnn(C)c(=O)c1Cl. The second-order valence-electron chi connectivity index (χ2n) is 4.35. The predicted octanol–water partition coefficient (Wildman–Crippen LogP) is 2.05. The summed E-state index contributed by atoms with van der Waals surface area (Å²) in [6, 6.07) is 0. The van der Waals surface area contributed by atoms with Gasteiger partial charge in [0.2, 0.25) is 0 Å². The molecule has 0 amide bonds. The largest absolute Gasteiger partial charge is 0.382 e. The Labute approximate surface area is 112 Å². The zero-order valence-corrected chi connectivity index (χ0v) is 11.8. The third-order valence-corrected chi connectivity index (χ3v) is 2.78. The number of anilines is 1. The normalized spacial score (nSPS) is 10.9. The van der Waals surface area contributed by atoms with Crippen molar-refractivity contribution >= 4 is 17.3 Å². The minimum Gasteiger partial charge on any atom is -0.382 e. The molecule has 18 heavy (non-hydrogen) atoms. The van der Waals surface area contributed by atoms with Gasteiger partial charge in [0.05, 0.1) is 18.0 Å². The Kier molecular flexibility index (Phi) is 6.15. The molecule has 0 aliphatic carbocycles. The third kappa shape index (κ3) is 4.66. The monoisotopic (exact) mass is 273 g/mol. The molecule has 0 aliphatic rings. The summed E-state index contributed by atoms with van der Waals surface area (Å²) in [5, 5.41) is 7.20. The van der Waals surface area contributed by atoms with Gasteiger partial charge in [-0.3, -0.25) is 4.79 Å². The van der Waals surface area contributed by atoms with Crippen molar-refractivity contribution in [2.75, 3.05) is 18.5 Å². The number of ether oxygens (including phenoxy) is 1. The van der Waals surface area contributed by atoms with Crippen molar-refractivity contribution in [2.24, 2.45) is 7.05 Å². The van der Waals surface area contributed by atoms with Gasteiger partial charge in [-0.15, -0.1) is 0 Å². The van der Waals surface area contributed by atoms with E-state index < -0.39 is 0 Å². The highest BCUT2D eigenvalue weighted by atomic mass is 35.5. The summed E-state index contributed by atoms with van der Waals surface area (Å²) < 4.78 is 6.65. The van der Waals surface area contributed by atoms with E-state index in [1.54, 1.807) is 13.2 Å². The van der Waals surface area contributed by atoms with E-state index in [1.165, 1.54) is 4.68 Å². The van der Waals surface area contributed by atoms with Crippen molar-refractivity contribution < 1.29 is 4.74 Å². The van der Waals surface area contributed by atoms with Gasteiger partial charge in [-0.2, -0.15) is 5.10 Å². The van der Waals surface area contributed by atoms with Crippen molar-refractivity contribution in [3.63, 3.8) is 0 Å². The zero-order chi connectivity index (χ0) is 13.5. The molecule has 0 saturated heterocycles. The van der Waals surface area contributed by atoms with E-state index in [4.69, 9.17) is 16.3 Å². The Morgan fingerprint density at radius 2 is 2.22 bits per heavy atom. The number of halogens is 1. The molecule has 0 fully saturated rings. The maximum Gasteiger partial charge on any atom is 0.287 e. The molecule has 0 aliphatic heterocycles. The standard InChI is InChI=1S/C12H20ClN3O2/c1-9(2)18-7-5-4-6-14-10-8-15-16(3)12(17)11(10)13/h8-9,14H,4-7H2,1-3H3.